The number of amides is 2. The van der Waals surface area contributed by atoms with Gasteiger partial charge in [-0.2, -0.15) is 0 Å². The summed E-state index contributed by atoms with van der Waals surface area (Å²) in [5, 5.41) is 5.93. The molecule has 200 valence electrons. The number of carbonyl (C=O) groups excluding carboxylic acids is 2. The van der Waals surface area contributed by atoms with Crippen LogP contribution in [0.5, 0.6) is 0 Å². The van der Waals surface area contributed by atoms with Gasteiger partial charge < -0.3 is 20.9 Å². The average molecular weight is 541 g/mol. The van der Waals surface area contributed by atoms with Crippen molar-refractivity contribution >= 4 is 40.7 Å². The van der Waals surface area contributed by atoms with Gasteiger partial charge in [-0.1, -0.05) is 44.0 Å². The molecular formula is C26H41Cl2N6O2+. The fourth-order valence-electron chi connectivity index (χ4n) is 5.65. The van der Waals surface area contributed by atoms with Crippen LogP contribution in [-0.2, 0) is 9.59 Å². The monoisotopic (exact) mass is 539 g/mol. The smallest absolute Gasteiger partial charge is 0.243 e. The quantitative estimate of drug-likeness (QED) is 0.346. The van der Waals surface area contributed by atoms with Crippen LogP contribution in [0.25, 0.3) is 0 Å². The van der Waals surface area contributed by atoms with E-state index in [0.717, 1.165) is 25.1 Å². The molecule has 1 aliphatic carbocycles. The number of nitrogens with two attached hydrogens (primary N) is 1. The number of hydrazine groups is 1. The molecule has 2 amide bonds. The van der Waals surface area contributed by atoms with Crippen molar-refractivity contribution < 1.29 is 15.3 Å². The molecule has 2 saturated heterocycles. The summed E-state index contributed by atoms with van der Waals surface area (Å²) in [4.78, 5) is 31.1. The van der Waals surface area contributed by atoms with Gasteiger partial charge in [-0.15, -0.1) is 0 Å². The molecule has 3 fully saturated rings. The lowest BCUT2D eigenvalue weighted by molar-refractivity contribution is -0.428. The summed E-state index contributed by atoms with van der Waals surface area (Å²) in [6.45, 7) is 8.77. The fourth-order valence-corrected chi connectivity index (χ4v) is 5.95. The zero-order chi connectivity index (χ0) is 26.2. The van der Waals surface area contributed by atoms with Crippen LogP contribution in [-0.4, -0.2) is 72.1 Å². The van der Waals surface area contributed by atoms with Crippen LogP contribution in [0.3, 0.4) is 0 Å². The molecule has 8 nitrogen and oxygen atoms in total. The van der Waals surface area contributed by atoms with Gasteiger partial charge in [-0.25, -0.2) is 5.01 Å². The minimum atomic E-state index is -0.509. The summed E-state index contributed by atoms with van der Waals surface area (Å²) in [7, 11) is 0. The molecule has 3 aliphatic rings. The Morgan fingerprint density at radius 3 is 2.53 bits per heavy atom. The Labute approximate surface area is 224 Å². The first-order valence-corrected chi connectivity index (χ1v) is 13.9. The normalized spacial score (nSPS) is 24.3. The lowest BCUT2D eigenvalue weighted by Crippen LogP contribution is -2.70. The van der Waals surface area contributed by atoms with Crippen molar-refractivity contribution in [2.75, 3.05) is 31.1 Å². The number of hydrogen-bond acceptors (Lipinski definition) is 5. The second-order valence-corrected chi connectivity index (χ2v) is 12.6. The van der Waals surface area contributed by atoms with Crippen molar-refractivity contribution in [1.29, 1.82) is 0 Å². The minimum absolute atomic E-state index is 0.0133. The van der Waals surface area contributed by atoms with Crippen LogP contribution in [0.4, 0.5) is 5.69 Å². The Kier molecular flexibility index (Phi) is 8.42. The van der Waals surface area contributed by atoms with Crippen LogP contribution in [0, 0.1) is 11.3 Å². The molecule has 4 rings (SSSR count). The third-order valence-corrected chi connectivity index (χ3v) is 8.50. The van der Waals surface area contributed by atoms with Crippen LogP contribution in [0.2, 0.25) is 10.0 Å². The molecule has 0 bridgehead atoms. The van der Waals surface area contributed by atoms with Crippen LogP contribution in [0.15, 0.2) is 18.2 Å². The van der Waals surface area contributed by atoms with Gasteiger partial charge in [-0.3, -0.25) is 15.4 Å². The second-order valence-electron chi connectivity index (χ2n) is 11.8. The molecule has 2 aliphatic heterocycles. The first-order valence-electron chi connectivity index (χ1n) is 13.1. The SMILES string of the molecule is CC(C)(C)C(C(=O)N1CCCC1C(=O)NC1CCN(c2ccc(Cl)c(Cl)c2)C1)N(N)CC([NH3+])C1CC1. The molecule has 1 aromatic rings. The number of nitrogens with one attached hydrogen (secondary N) is 1. The lowest BCUT2D eigenvalue weighted by atomic mass is 9.85. The number of anilines is 1. The highest BCUT2D eigenvalue weighted by atomic mass is 35.5. The van der Waals surface area contributed by atoms with Crippen LogP contribution in [0.1, 0.15) is 52.9 Å². The van der Waals surface area contributed by atoms with Crippen molar-refractivity contribution in [3.8, 4) is 0 Å². The summed E-state index contributed by atoms with van der Waals surface area (Å²) < 4.78 is 0. The summed E-state index contributed by atoms with van der Waals surface area (Å²) in [6, 6.07) is 4.85. The van der Waals surface area contributed by atoms with Crippen molar-refractivity contribution in [3.05, 3.63) is 28.2 Å². The van der Waals surface area contributed by atoms with E-state index in [9.17, 15) is 9.59 Å². The standard InChI is InChI=1S/C26H40Cl2N6O2/c1-26(2,3)23(34(30)15-21(29)16-6-7-16)25(36)33-11-4-5-22(33)24(35)31-17-10-12-32(14-17)18-8-9-19(27)20(28)13-18/h8-9,13,16-17,21-23H,4-7,10-12,14-15,29-30H2,1-3H3,(H,31,35)/p+1. The number of carbonyl (C=O) groups is 2. The predicted molar refractivity (Wildman–Crippen MR) is 143 cm³/mol. The summed E-state index contributed by atoms with van der Waals surface area (Å²) in [6.07, 6.45) is 4.69. The van der Waals surface area contributed by atoms with E-state index in [1.807, 2.05) is 32.9 Å². The first-order chi connectivity index (χ1) is 17.0. The Morgan fingerprint density at radius 1 is 1.17 bits per heavy atom. The third-order valence-electron chi connectivity index (χ3n) is 7.76. The molecule has 4 atom stereocenters. The van der Waals surface area contributed by atoms with E-state index >= 15 is 0 Å². The lowest BCUT2D eigenvalue weighted by Gasteiger charge is -2.40. The molecule has 1 aromatic carbocycles. The Morgan fingerprint density at radius 2 is 1.89 bits per heavy atom. The number of hydrogen-bond donors (Lipinski definition) is 3. The van der Waals surface area contributed by atoms with E-state index in [4.69, 9.17) is 29.0 Å². The summed E-state index contributed by atoms with van der Waals surface area (Å²) in [5.41, 5.74) is 4.89. The van der Waals surface area contributed by atoms with Crippen molar-refractivity contribution in [2.45, 2.75) is 77.0 Å². The fraction of sp³-hybridized carbons (Fsp3) is 0.692. The molecule has 10 heteroatoms. The van der Waals surface area contributed by atoms with Crippen LogP contribution >= 0.6 is 23.2 Å². The molecule has 2 heterocycles. The van der Waals surface area contributed by atoms with E-state index in [1.54, 1.807) is 16.0 Å². The molecular weight excluding hydrogens is 499 g/mol. The van der Waals surface area contributed by atoms with Gasteiger partial charge in [0.2, 0.25) is 11.8 Å². The number of rotatable bonds is 8. The Balaban J connectivity index is 1.38. The highest BCUT2D eigenvalue weighted by Gasteiger charge is 2.45. The van der Waals surface area contributed by atoms with Gasteiger partial charge >= 0.3 is 0 Å². The summed E-state index contributed by atoms with van der Waals surface area (Å²) >= 11 is 12.2. The first kappa shape index (κ1) is 27.5. The maximum atomic E-state index is 13.8. The van der Waals surface area contributed by atoms with Gasteiger partial charge in [-0.05, 0) is 55.7 Å². The molecule has 6 N–H and O–H groups in total. The van der Waals surface area contributed by atoms with E-state index in [1.165, 1.54) is 12.8 Å². The molecule has 0 radical (unpaired) electrons. The zero-order valence-electron chi connectivity index (χ0n) is 21.7. The Bertz CT molecular complexity index is 966. The maximum absolute atomic E-state index is 13.8. The average Bonchev–Trinajstić information content (AvgIpc) is 3.34. The third kappa shape index (κ3) is 6.27. The number of nitrogens with zero attached hydrogens (tertiary/aromatic N) is 3. The zero-order valence-corrected chi connectivity index (χ0v) is 23.2. The van der Waals surface area contributed by atoms with Gasteiger partial charge in [0.1, 0.15) is 18.1 Å². The van der Waals surface area contributed by atoms with E-state index < -0.39 is 12.1 Å². The molecule has 36 heavy (non-hydrogen) atoms. The van der Waals surface area contributed by atoms with E-state index in [2.05, 4.69) is 16.0 Å². The highest BCUT2D eigenvalue weighted by molar-refractivity contribution is 6.42. The van der Waals surface area contributed by atoms with Gasteiger partial charge in [0.05, 0.1) is 16.6 Å². The number of likely N-dealkylation sites (tertiary alicyclic amines) is 1. The topological polar surface area (TPSA) is 110 Å². The minimum Gasteiger partial charge on any atom is -0.369 e. The largest absolute Gasteiger partial charge is 0.369 e. The van der Waals surface area contributed by atoms with Crippen LogP contribution < -0.4 is 21.8 Å². The molecule has 0 aromatic heterocycles. The van der Waals surface area contributed by atoms with Crippen molar-refractivity contribution in [3.63, 3.8) is 0 Å². The van der Waals surface area contributed by atoms with Gasteiger partial charge in [0, 0.05) is 37.3 Å². The predicted octanol–water partition coefficient (Wildman–Crippen LogP) is 2.29. The maximum Gasteiger partial charge on any atom is 0.243 e. The van der Waals surface area contributed by atoms with E-state index in [-0.39, 0.29) is 29.3 Å². The summed E-state index contributed by atoms with van der Waals surface area (Å²) in [5.74, 6) is 6.97. The number of halogens is 2. The Hall–Kier alpha value is -1.58. The van der Waals surface area contributed by atoms with E-state index in [0.29, 0.717) is 42.0 Å². The molecule has 1 saturated carbocycles. The van der Waals surface area contributed by atoms with Gasteiger partial charge in [0.25, 0.3) is 0 Å². The van der Waals surface area contributed by atoms with Crippen molar-refractivity contribution in [1.82, 2.24) is 15.2 Å². The second kappa shape index (κ2) is 11.0. The number of quaternary nitrogens is 1. The van der Waals surface area contributed by atoms with Gasteiger partial charge in [0.15, 0.2) is 0 Å². The number of benzene rings is 1. The van der Waals surface area contributed by atoms with Crippen molar-refractivity contribution in [2.24, 2.45) is 17.2 Å². The molecule has 0 spiro atoms. The molecule has 4 unspecified atom stereocenters. The highest BCUT2D eigenvalue weighted by Crippen LogP contribution is 2.33.